The normalized spacial score (nSPS) is 18.5. The van der Waals surface area contributed by atoms with Crippen molar-refractivity contribution in [1.29, 1.82) is 0 Å². The van der Waals surface area contributed by atoms with Crippen molar-refractivity contribution >= 4 is 17.3 Å². The Morgan fingerprint density at radius 3 is 2.62 bits per heavy atom. The van der Waals surface area contributed by atoms with Crippen LogP contribution in [0.4, 0.5) is 24.5 Å². The summed E-state index contributed by atoms with van der Waals surface area (Å²) in [5, 5.41) is 28.4. The number of nitro groups is 1. The number of amides is 1. The van der Waals surface area contributed by atoms with E-state index < -0.39 is 33.9 Å². The first-order chi connectivity index (χ1) is 13.7. The minimum absolute atomic E-state index is 0.107. The van der Waals surface area contributed by atoms with Crippen LogP contribution in [0.2, 0.25) is 0 Å². The zero-order valence-corrected chi connectivity index (χ0v) is 14.9. The van der Waals surface area contributed by atoms with Crippen molar-refractivity contribution < 1.29 is 32.7 Å². The predicted octanol–water partition coefficient (Wildman–Crippen LogP) is 1.27. The van der Waals surface area contributed by atoms with Gasteiger partial charge in [-0.15, -0.1) is 0 Å². The minimum atomic E-state index is -4.97. The van der Waals surface area contributed by atoms with Gasteiger partial charge in [0.05, 0.1) is 11.5 Å². The number of hydrogen-bond donors (Lipinski definition) is 4. The number of aliphatic hydroxyl groups is 1. The van der Waals surface area contributed by atoms with Gasteiger partial charge in [0, 0.05) is 24.8 Å². The van der Waals surface area contributed by atoms with Crippen LogP contribution in [0.15, 0.2) is 41.7 Å². The Hall–Kier alpha value is -2.96. The van der Waals surface area contributed by atoms with Gasteiger partial charge in [0.25, 0.3) is 11.6 Å². The molecule has 9 nitrogen and oxygen atoms in total. The van der Waals surface area contributed by atoms with Crippen molar-refractivity contribution in [2.75, 3.05) is 31.6 Å². The van der Waals surface area contributed by atoms with E-state index in [-0.39, 0.29) is 24.7 Å². The molecule has 2 aliphatic rings. The van der Waals surface area contributed by atoms with Gasteiger partial charge in [0.2, 0.25) is 5.66 Å². The molecule has 0 bridgehead atoms. The fourth-order valence-electron chi connectivity index (χ4n) is 3.07. The predicted molar refractivity (Wildman–Crippen MR) is 94.7 cm³/mol. The second kappa shape index (κ2) is 7.81. The molecule has 1 saturated heterocycles. The summed E-state index contributed by atoms with van der Waals surface area (Å²) < 4.78 is 45.0. The van der Waals surface area contributed by atoms with E-state index in [9.17, 15) is 33.2 Å². The van der Waals surface area contributed by atoms with Gasteiger partial charge in [0.1, 0.15) is 17.9 Å². The summed E-state index contributed by atoms with van der Waals surface area (Å²) in [5.41, 5.74) is -3.89. The smallest absolute Gasteiger partial charge is 0.423 e. The number of nitrogens with zero attached hydrogens (tertiary/aromatic N) is 1. The molecule has 0 aromatic heterocycles. The fraction of sp³-hybridized carbons (Fsp3) is 0.353. The lowest BCUT2D eigenvalue weighted by atomic mass is 10.0. The summed E-state index contributed by atoms with van der Waals surface area (Å²) in [6.45, 7) is 0.582. The highest BCUT2D eigenvalue weighted by molar-refractivity contribution is 6.00. The van der Waals surface area contributed by atoms with E-state index in [2.05, 4.69) is 16.0 Å². The number of ether oxygens (including phenoxy) is 1. The van der Waals surface area contributed by atoms with E-state index in [1.54, 1.807) is 6.08 Å². The number of anilines is 1. The molecular weight excluding hydrogens is 397 g/mol. The van der Waals surface area contributed by atoms with Gasteiger partial charge in [-0.1, -0.05) is 0 Å². The topological polar surface area (TPSA) is 126 Å². The zero-order chi connectivity index (χ0) is 21.2. The number of nitro benzene ring substituents is 1. The van der Waals surface area contributed by atoms with Crippen LogP contribution in [0.25, 0.3) is 0 Å². The molecule has 1 aromatic carbocycles. The molecule has 0 saturated carbocycles. The van der Waals surface area contributed by atoms with Crippen LogP contribution < -0.4 is 16.0 Å². The fourth-order valence-corrected chi connectivity index (χ4v) is 3.07. The Morgan fingerprint density at radius 1 is 1.34 bits per heavy atom. The van der Waals surface area contributed by atoms with Crippen LogP contribution in [-0.2, 0) is 15.7 Å². The number of carbonyl (C=O) groups excluding carboxylic acids is 1. The highest BCUT2D eigenvalue weighted by atomic mass is 19.4. The van der Waals surface area contributed by atoms with Gasteiger partial charge in [-0.25, -0.2) is 0 Å². The van der Waals surface area contributed by atoms with E-state index in [1.165, 1.54) is 6.08 Å². The molecule has 0 radical (unpaired) electrons. The van der Waals surface area contributed by atoms with E-state index in [1.807, 2.05) is 0 Å². The maximum Gasteiger partial charge on any atom is 0.423 e. The molecule has 1 aromatic rings. The third-order valence-corrected chi connectivity index (χ3v) is 4.46. The summed E-state index contributed by atoms with van der Waals surface area (Å²) in [6, 6.07) is 2.21. The quantitative estimate of drug-likeness (QED) is 0.422. The first-order valence-corrected chi connectivity index (χ1v) is 8.49. The largest absolute Gasteiger partial charge is 0.490 e. The summed E-state index contributed by atoms with van der Waals surface area (Å²) >= 11 is 0. The number of halogens is 3. The number of benzene rings is 1. The van der Waals surface area contributed by atoms with E-state index in [0.29, 0.717) is 30.8 Å². The van der Waals surface area contributed by atoms with E-state index in [0.717, 1.165) is 6.07 Å². The van der Waals surface area contributed by atoms with Gasteiger partial charge in [-0.3, -0.25) is 25.5 Å². The first kappa shape index (κ1) is 20.8. The third kappa shape index (κ3) is 4.09. The van der Waals surface area contributed by atoms with Crippen LogP contribution in [0, 0.1) is 10.1 Å². The summed E-state index contributed by atoms with van der Waals surface area (Å²) in [6.07, 6.45) is -1.89. The summed E-state index contributed by atoms with van der Waals surface area (Å²) in [5.74, 6) is -0.612. The molecule has 0 unspecified atom stereocenters. The molecule has 1 amide bonds. The SMILES string of the molecule is O=C(Nc1ccc([N+](=O)[O-])c(C(F)(F)F)c1)C1(C2=CC(CO)=CCO2)NCCN1. The van der Waals surface area contributed by atoms with E-state index >= 15 is 0 Å². The molecule has 2 aliphatic heterocycles. The zero-order valence-electron chi connectivity index (χ0n) is 14.9. The lowest BCUT2D eigenvalue weighted by Gasteiger charge is -2.32. The van der Waals surface area contributed by atoms with Crippen LogP contribution in [-0.4, -0.2) is 47.9 Å². The standard InChI is InChI=1S/C17H17F3N4O5/c18-17(19,20)12-8-11(1-2-13(12)24(27)28)23-15(26)16(21-4-5-22-16)14-7-10(9-25)3-6-29-14/h1-3,7-8,21-22,25H,4-6,9H2,(H,23,26). The lowest BCUT2D eigenvalue weighted by molar-refractivity contribution is -0.388. The van der Waals surface area contributed by atoms with Gasteiger partial charge >= 0.3 is 6.18 Å². The van der Waals surface area contributed by atoms with Crippen molar-refractivity contribution in [3.63, 3.8) is 0 Å². The number of aliphatic hydroxyl groups excluding tert-OH is 1. The van der Waals surface area contributed by atoms with Crippen molar-refractivity contribution in [3.8, 4) is 0 Å². The van der Waals surface area contributed by atoms with E-state index in [4.69, 9.17) is 4.74 Å². The number of carbonyl (C=O) groups is 1. The van der Waals surface area contributed by atoms with Crippen molar-refractivity contribution in [3.05, 3.63) is 57.4 Å². The summed E-state index contributed by atoms with van der Waals surface area (Å²) in [4.78, 5) is 22.7. The molecular formula is C17H17F3N4O5. The molecule has 4 N–H and O–H groups in total. The van der Waals surface area contributed by atoms with Crippen molar-refractivity contribution in [2.45, 2.75) is 11.8 Å². The van der Waals surface area contributed by atoms with Crippen molar-refractivity contribution in [2.24, 2.45) is 0 Å². The Bertz CT molecular complexity index is 892. The van der Waals surface area contributed by atoms with Crippen molar-refractivity contribution in [1.82, 2.24) is 10.6 Å². The lowest BCUT2D eigenvalue weighted by Crippen LogP contribution is -2.60. The van der Waals surface area contributed by atoms with Gasteiger partial charge in [-0.2, -0.15) is 13.2 Å². The number of nitrogens with one attached hydrogen (secondary N) is 3. The molecule has 0 spiro atoms. The van der Waals surface area contributed by atoms with Crippen LogP contribution in [0.3, 0.4) is 0 Å². The molecule has 0 atom stereocenters. The molecule has 2 heterocycles. The first-order valence-electron chi connectivity index (χ1n) is 8.49. The van der Waals surface area contributed by atoms with Crippen LogP contribution in [0.1, 0.15) is 5.56 Å². The average molecular weight is 414 g/mol. The van der Waals surface area contributed by atoms with Crippen LogP contribution in [0.5, 0.6) is 0 Å². The molecule has 1 fully saturated rings. The summed E-state index contributed by atoms with van der Waals surface area (Å²) in [7, 11) is 0. The maximum atomic E-state index is 13.2. The molecule has 29 heavy (non-hydrogen) atoms. The molecule has 156 valence electrons. The third-order valence-electron chi connectivity index (χ3n) is 4.46. The van der Waals surface area contributed by atoms with Crippen LogP contribution >= 0.6 is 0 Å². The van der Waals surface area contributed by atoms with Gasteiger partial charge in [0.15, 0.2) is 0 Å². The Morgan fingerprint density at radius 2 is 2.03 bits per heavy atom. The molecule has 3 rings (SSSR count). The Balaban J connectivity index is 1.93. The Labute approximate surface area is 162 Å². The number of alkyl halides is 3. The average Bonchev–Trinajstić information content (AvgIpc) is 3.18. The molecule has 12 heteroatoms. The maximum absolute atomic E-state index is 13.2. The van der Waals surface area contributed by atoms with Gasteiger partial charge in [-0.05, 0) is 29.9 Å². The number of rotatable bonds is 5. The highest BCUT2D eigenvalue weighted by Gasteiger charge is 2.47. The monoisotopic (exact) mass is 414 g/mol. The molecule has 0 aliphatic carbocycles. The minimum Gasteiger partial charge on any atom is -0.490 e. The second-order valence-electron chi connectivity index (χ2n) is 6.30. The number of hydrogen-bond acceptors (Lipinski definition) is 7. The second-order valence-corrected chi connectivity index (χ2v) is 6.30. The Kier molecular flexibility index (Phi) is 5.59. The highest BCUT2D eigenvalue weighted by Crippen LogP contribution is 2.38. The van der Waals surface area contributed by atoms with Gasteiger partial charge < -0.3 is 15.2 Å².